The van der Waals surface area contributed by atoms with Crippen LogP contribution in [-0.2, 0) is 24.4 Å². The summed E-state index contributed by atoms with van der Waals surface area (Å²) in [6, 6.07) is 13.9. The van der Waals surface area contributed by atoms with Gasteiger partial charge in [0.1, 0.15) is 12.4 Å². The summed E-state index contributed by atoms with van der Waals surface area (Å²) in [5.41, 5.74) is 4.43. The van der Waals surface area contributed by atoms with Crippen LogP contribution in [0.4, 0.5) is 5.69 Å². The van der Waals surface area contributed by atoms with Crippen molar-refractivity contribution in [2.75, 3.05) is 11.1 Å². The van der Waals surface area contributed by atoms with Crippen LogP contribution in [0.5, 0.6) is 5.75 Å². The van der Waals surface area contributed by atoms with Gasteiger partial charge >= 0.3 is 0 Å². The molecule has 3 aromatic rings. The van der Waals surface area contributed by atoms with E-state index in [0.29, 0.717) is 24.1 Å². The molecule has 0 atom stereocenters. The number of hydrogen-bond donors (Lipinski definition) is 1. The zero-order valence-electron chi connectivity index (χ0n) is 18.2. The Morgan fingerprint density at radius 3 is 2.61 bits per heavy atom. The highest BCUT2D eigenvalue weighted by Gasteiger charge is 2.14. The Balaban J connectivity index is 1.60. The molecule has 1 aromatic heterocycles. The number of allylic oxidation sites excluding steroid dienone is 1. The molecule has 0 aliphatic heterocycles. The first-order chi connectivity index (χ1) is 15.0. The molecule has 162 valence electrons. The van der Waals surface area contributed by atoms with E-state index >= 15 is 0 Å². The maximum Gasteiger partial charge on any atom is 0.234 e. The van der Waals surface area contributed by atoms with Crippen LogP contribution in [0.3, 0.4) is 0 Å². The number of ether oxygens (including phenoxy) is 1. The third-order valence-corrected chi connectivity index (χ3v) is 5.90. The second-order valence-corrected chi connectivity index (χ2v) is 8.16. The number of amides is 1. The van der Waals surface area contributed by atoms with Crippen molar-refractivity contribution in [1.82, 2.24) is 14.8 Å². The van der Waals surface area contributed by atoms with Gasteiger partial charge in [0.25, 0.3) is 0 Å². The van der Waals surface area contributed by atoms with Gasteiger partial charge in [-0.1, -0.05) is 43.0 Å². The Hall–Kier alpha value is -3.06. The molecule has 1 N–H and O–H groups in total. The summed E-state index contributed by atoms with van der Waals surface area (Å²) in [4.78, 5) is 12.4. The summed E-state index contributed by atoms with van der Waals surface area (Å²) in [5, 5.41) is 12.1. The Kier molecular flexibility index (Phi) is 7.89. The van der Waals surface area contributed by atoms with Gasteiger partial charge in [-0.05, 0) is 61.2 Å². The summed E-state index contributed by atoms with van der Waals surface area (Å²) < 4.78 is 7.82. The number of benzene rings is 2. The molecule has 0 radical (unpaired) electrons. The first-order valence-electron chi connectivity index (χ1n) is 10.2. The van der Waals surface area contributed by atoms with E-state index in [2.05, 4.69) is 42.9 Å². The normalized spacial score (nSPS) is 10.7. The number of carbonyl (C=O) groups excluding carboxylic acids is 1. The van der Waals surface area contributed by atoms with Gasteiger partial charge in [0, 0.05) is 12.2 Å². The quantitative estimate of drug-likeness (QED) is 0.360. The van der Waals surface area contributed by atoms with Crippen molar-refractivity contribution >= 4 is 23.4 Å². The lowest BCUT2D eigenvalue weighted by atomic mass is 10.1. The molecule has 6 nitrogen and oxygen atoms in total. The second-order valence-electron chi connectivity index (χ2n) is 7.22. The number of hydrogen-bond acceptors (Lipinski definition) is 5. The van der Waals surface area contributed by atoms with E-state index in [1.165, 1.54) is 28.5 Å². The van der Waals surface area contributed by atoms with Gasteiger partial charge in [-0.25, -0.2) is 0 Å². The monoisotopic (exact) mass is 436 g/mol. The number of anilines is 1. The standard InChI is InChI=1S/C24H28N4O2S/c1-5-13-28-22(15-30-21-12-7-17(3)18(4)14-21)26-27-24(28)31-16-23(29)25-20-10-8-19(6-2)9-11-20/h5,7-12,14H,1,6,13,15-16H2,2-4H3,(H,25,29). The Bertz CT molecular complexity index is 1040. The van der Waals surface area contributed by atoms with E-state index < -0.39 is 0 Å². The third-order valence-electron chi connectivity index (χ3n) is 4.93. The molecule has 0 unspecified atom stereocenters. The lowest BCUT2D eigenvalue weighted by Gasteiger charge is -2.10. The van der Waals surface area contributed by atoms with Crippen LogP contribution in [0.25, 0.3) is 0 Å². The van der Waals surface area contributed by atoms with E-state index in [-0.39, 0.29) is 11.7 Å². The highest BCUT2D eigenvalue weighted by molar-refractivity contribution is 7.99. The fourth-order valence-electron chi connectivity index (χ4n) is 2.95. The molecule has 0 aliphatic carbocycles. The number of aryl methyl sites for hydroxylation is 3. The van der Waals surface area contributed by atoms with Crippen LogP contribution in [-0.4, -0.2) is 26.4 Å². The molecule has 0 saturated carbocycles. The first-order valence-corrected chi connectivity index (χ1v) is 11.2. The maximum atomic E-state index is 12.4. The molecule has 31 heavy (non-hydrogen) atoms. The molecule has 0 fully saturated rings. The van der Waals surface area contributed by atoms with Crippen LogP contribution in [0.1, 0.15) is 29.4 Å². The van der Waals surface area contributed by atoms with Crippen molar-refractivity contribution in [3.05, 3.63) is 77.6 Å². The number of rotatable bonds is 10. The Morgan fingerprint density at radius 1 is 1.16 bits per heavy atom. The van der Waals surface area contributed by atoms with E-state index in [1.807, 2.05) is 47.0 Å². The van der Waals surface area contributed by atoms with Crippen molar-refractivity contribution in [3.8, 4) is 5.75 Å². The summed E-state index contributed by atoms with van der Waals surface area (Å²) >= 11 is 1.34. The van der Waals surface area contributed by atoms with Crippen LogP contribution in [0, 0.1) is 13.8 Å². The highest BCUT2D eigenvalue weighted by atomic mass is 32.2. The number of nitrogens with one attached hydrogen (secondary N) is 1. The Morgan fingerprint density at radius 2 is 1.94 bits per heavy atom. The molecule has 0 spiro atoms. The summed E-state index contributed by atoms with van der Waals surface area (Å²) in [5.74, 6) is 1.63. The molecule has 1 heterocycles. The lowest BCUT2D eigenvalue weighted by molar-refractivity contribution is -0.113. The lowest BCUT2D eigenvalue weighted by Crippen LogP contribution is -2.15. The summed E-state index contributed by atoms with van der Waals surface area (Å²) in [7, 11) is 0. The molecule has 1 amide bonds. The predicted octanol–water partition coefficient (Wildman–Crippen LogP) is 4.95. The third kappa shape index (κ3) is 6.21. The predicted molar refractivity (Wildman–Crippen MR) is 126 cm³/mol. The summed E-state index contributed by atoms with van der Waals surface area (Å²) in [6.45, 7) is 10.9. The zero-order chi connectivity index (χ0) is 22.2. The van der Waals surface area contributed by atoms with Gasteiger partial charge in [0.2, 0.25) is 5.91 Å². The van der Waals surface area contributed by atoms with E-state index in [4.69, 9.17) is 4.74 Å². The molecule has 0 saturated heterocycles. The fourth-order valence-corrected chi connectivity index (χ4v) is 3.71. The van der Waals surface area contributed by atoms with Crippen molar-refractivity contribution in [3.63, 3.8) is 0 Å². The van der Waals surface area contributed by atoms with Crippen molar-refractivity contribution in [2.45, 2.75) is 45.5 Å². The minimum Gasteiger partial charge on any atom is -0.486 e. The minimum absolute atomic E-state index is 0.0877. The van der Waals surface area contributed by atoms with Gasteiger partial charge < -0.3 is 10.1 Å². The largest absolute Gasteiger partial charge is 0.486 e. The molecule has 7 heteroatoms. The van der Waals surface area contributed by atoms with Crippen LogP contribution in [0.2, 0.25) is 0 Å². The van der Waals surface area contributed by atoms with Crippen molar-refractivity contribution in [2.24, 2.45) is 0 Å². The smallest absolute Gasteiger partial charge is 0.234 e. The molecule has 0 aliphatic rings. The number of nitrogens with zero attached hydrogens (tertiary/aromatic N) is 3. The van der Waals surface area contributed by atoms with Gasteiger partial charge in [-0.2, -0.15) is 0 Å². The molecular formula is C24H28N4O2S. The van der Waals surface area contributed by atoms with E-state index in [9.17, 15) is 4.79 Å². The molecule has 3 rings (SSSR count). The van der Waals surface area contributed by atoms with Crippen molar-refractivity contribution < 1.29 is 9.53 Å². The zero-order valence-corrected chi connectivity index (χ0v) is 19.0. The van der Waals surface area contributed by atoms with E-state index in [1.54, 1.807) is 6.08 Å². The number of thioether (sulfide) groups is 1. The molecular weight excluding hydrogens is 408 g/mol. The maximum absolute atomic E-state index is 12.4. The Labute approximate surface area is 187 Å². The second kappa shape index (κ2) is 10.8. The average molecular weight is 437 g/mol. The summed E-state index contributed by atoms with van der Waals surface area (Å²) in [6.07, 6.45) is 2.75. The number of aromatic nitrogens is 3. The van der Waals surface area contributed by atoms with Gasteiger partial charge in [-0.3, -0.25) is 9.36 Å². The molecule has 0 bridgehead atoms. The van der Waals surface area contributed by atoms with Gasteiger partial charge in [-0.15, -0.1) is 16.8 Å². The van der Waals surface area contributed by atoms with Crippen LogP contribution < -0.4 is 10.1 Å². The highest BCUT2D eigenvalue weighted by Crippen LogP contribution is 2.21. The van der Waals surface area contributed by atoms with Crippen molar-refractivity contribution in [1.29, 1.82) is 0 Å². The molecule has 2 aromatic carbocycles. The van der Waals surface area contributed by atoms with Crippen LogP contribution in [0.15, 0.2) is 60.3 Å². The first kappa shape index (κ1) is 22.6. The van der Waals surface area contributed by atoms with Gasteiger partial charge in [0.05, 0.1) is 5.75 Å². The van der Waals surface area contributed by atoms with Crippen LogP contribution >= 0.6 is 11.8 Å². The van der Waals surface area contributed by atoms with Gasteiger partial charge in [0.15, 0.2) is 11.0 Å². The number of carbonyl (C=O) groups is 1. The average Bonchev–Trinajstić information content (AvgIpc) is 3.15. The minimum atomic E-state index is -0.0877. The SMILES string of the molecule is C=CCn1c(COc2ccc(C)c(C)c2)nnc1SCC(=O)Nc1ccc(CC)cc1. The fraction of sp³-hybridized carbons (Fsp3) is 0.292. The topological polar surface area (TPSA) is 69.0 Å². The van der Waals surface area contributed by atoms with E-state index in [0.717, 1.165) is 17.9 Å².